The van der Waals surface area contributed by atoms with Gasteiger partial charge in [0.15, 0.2) is 0 Å². The van der Waals surface area contributed by atoms with Crippen LogP contribution in [0.3, 0.4) is 0 Å². The average Bonchev–Trinajstić information content (AvgIpc) is 3.09. The first kappa shape index (κ1) is 36.9. The normalized spacial score (nSPS) is 16.5. The van der Waals surface area contributed by atoms with Gasteiger partial charge in [-0.2, -0.15) is 0 Å². The molecule has 0 atom stereocenters. The summed E-state index contributed by atoms with van der Waals surface area (Å²) in [7, 11) is 0. The molecule has 3 aromatic carbocycles. The van der Waals surface area contributed by atoms with Crippen LogP contribution >= 0.6 is 0 Å². The average molecular weight is 669 g/mol. The summed E-state index contributed by atoms with van der Waals surface area (Å²) in [5, 5.41) is 0. The quantitative estimate of drug-likeness (QED) is 0.0785. The summed E-state index contributed by atoms with van der Waals surface area (Å²) in [5.74, 6) is 1.81. The van der Waals surface area contributed by atoms with E-state index < -0.39 is 0 Å². The second kappa shape index (κ2) is 19.1. The number of unbranched alkanes of at least 4 members (excludes halogenated alkanes) is 2. The van der Waals surface area contributed by atoms with Gasteiger partial charge in [0, 0.05) is 24.0 Å². The number of aryl methyl sites for hydroxylation is 1. The Bertz CT molecular complexity index is 1440. The van der Waals surface area contributed by atoms with Crippen LogP contribution in [0.15, 0.2) is 66.7 Å². The van der Waals surface area contributed by atoms with Gasteiger partial charge in [-0.3, -0.25) is 0 Å². The van der Waals surface area contributed by atoms with Crippen molar-refractivity contribution in [2.24, 2.45) is 10.8 Å². The molecule has 0 N–H and O–H groups in total. The Morgan fingerprint density at radius 1 is 0.551 bits per heavy atom. The fraction of sp³-hybridized carbons (Fsp3) is 0.488. The van der Waals surface area contributed by atoms with Gasteiger partial charge in [-0.15, -0.1) is 0 Å². The van der Waals surface area contributed by atoms with E-state index in [0.717, 1.165) is 114 Å². The summed E-state index contributed by atoms with van der Waals surface area (Å²) < 4.78 is 34.4. The molecule has 0 spiro atoms. The molecule has 0 radical (unpaired) electrons. The molecule has 0 unspecified atom stereocenters. The zero-order valence-electron chi connectivity index (χ0n) is 29.9. The highest BCUT2D eigenvalue weighted by Gasteiger charge is 2.37. The third kappa shape index (κ3) is 11.6. The van der Waals surface area contributed by atoms with Gasteiger partial charge in [0.25, 0.3) is 0 Å². The summed E-state index contributed by atoms with van der Waals surface area (Å²) in [6.07, 6.45) is 14.8. The number of ether oxygens (including phenoxy) is 6. The van der Waals surface area contributed by atoms with E-state index in [4.69, 9.17) is 28.4 Å². The molecule has 3 aromatic rings. The van der Waals surface area contributed by atoms with Crippen molar-refractivity contribution in [3.8, 4) is 11.5 Å². The van der Waals surface area contributed by atoms with Crippen molar-refractivity contribution in [1.82, 2.24) is 0 Å². The predicted molar refractivity (Wildman–Crippen MR) is 200 cm³/mol. The van der Waals surface area contributed by atoms with Gasteiger partial charge in [-0.1, -0.05) is 80.6 Å². The lowest BCUT2D eigenvalue weighted by Gasteiger charge is -2.40. The molecule has 2 fully saturated rings. The van der Waals surface area contributed by atoms with Crippen LogP contribution in [-0.4, -0.2) is 66.1 Å². The molecule has 0 bridgehead atoms. The Hall–Kier alpha value is -3.42. The SMILES string of the molecule is CCC1(COCCCCOc2ccc(/C=C/c3ccc(/C=C/c4ccc(OCCCCOCC5(CC)COC5)cc4)c(C)c3)cc2)COC1. The first-order valence-electron chi connectivity index (χ1n) is 18.2. The van der Waals surface area contributed by atoms with E-state index in [-0.39, 0.29) is 10.8 Å². The molecule has 49 heavy (non-hydrogen) atoms. The third-order valence-electron chi connectivity index (χ3n) is 9.83. The third-order valence-corrected chi connectivity index (χ3v) is 9.83. The zero-order chi connectivity index (χ0) is 34.2. The van der Waals surface area contributed by atoms with Crippen LogP contribution in [-0.2, 0) is 18.9 Å². The van der Waals surface area contributed by atoms with Crippen LogP contribution in [0, 0.1) is 17.8 Å². The van der Waals surface area contributed by atoms with Crippen molar-refractivity contribution >= 4 is 24.3 Å². The van der Waals surface area contributed by atoms with Crippen LogP contribution < -0.4 is 9.47 Å². The van der Waals surface area contributed by atoms with Gasteiger partial charge < -0.3 is 28.4 Å². The minimum atomic E-state index is 0.262. The lowest BCUT2D eigenvalue weighted by molar-refractivity contribution is -0.150. The monoisotopic (exact) mass is 668 g/mol. The van der Waals surface area contributed by atoms with E-state index >= 15 is 0 Å². The van der Waals surface area contributed by atoms with Gasteiger partial charge in [-0.25, -0.2) is 0 Å². The molecular formula is C43H56O6. The van der Waals surface area contributed by atoms with E-state index in [9.17, 15) is 0 Å². The molecular weight excluding hydrogens is 612 g/mol. The fourth-order valence-corrected chi connectivity index (χ4v) is 5.85. The first-order valence-corrected chi connectivity index (χ1v) is 18.2. The smallest absolute Gasteiger partial charge is 0.119 e. The maximum Gasteiger partial charge on any atom is 0.119 e. The Balaban J connectivity index is 0.960. The summed E-state index contributed by atoms with van der Waals surface area (Å²) in [4.78, 5) is 0. The summed E-state index contributed by atoms with van der Waals surface area (Å²) in [5.41, 5.74) is 6.45. The van der Waals surface area contributed by atoms with Gasteiger partial charge in [0.2, 0.25) is 0 Å². The Labute approximate surface area is 294 Å². The second-order valence-electron chi connectivity index (χ2n) is 13.8. The largest absolute Gasteiger partial charge is 0.494 e. The molecule has 0 aromatic heterocycles. The van der Waals surface area contributed by atoms with Gasteiger partial charge >= 0.3 is 0 Å². The highest BCUT2D eigenvalue weighted by atomic mass is 16.5. The van der Waals surface area contributed by atoms with E-state index in [1.807, 2.05) is 24.3 Å². The standard InChI is InChI=1S/C43H56O6/c1-4-42(31-46-32-42)29-44-24-6-8-26-48-40-20-14-36(15-21-40)10-11-38-13-19-39(35(3)28-38)18-12-37-16-22-41(23-17-37)49-27-9-7-25-45-30-43(5-2)33-47-34-43/h10-23,28H,4-9,24-27,29-34H2,1-3H3/b11-10+,18-12+. The van der Waals surface area contributed by atoms with Crippen LogP contribution in [0.2, 0.25) is 0 Å². The molecule has 2 aliphatic heterocycles. The number of benzene rings is 3. The van der Waals surface area contributed by atoms with Crippen LogP contribution in [0.25, 0.3) is 24.3 Å². The lowest BCUT2D eigenvalue weighted by atomic mass is 9.84. The fourth-order valence-electron chi connectivity index (χ4n) is 5.85. The molecule has 6 nitrogen and oxygen atoms in total. The topological polar surface area (TPSA) is 55.4 Å². The van der Waals surface area contributed by atoms with E-state index in [1.165, 1.54) is 16.7 Å². The van der Waals surface area contributed by atoms with Crippen molar-refractivity contribution in [3.05, 3.63) is 94.5 Å². The van der Waals surface area contributed by atoms with Crippen molar-refractivity contribution in [1.29, 1.82) is 0 Å². The molecule has 264 valence electrons. The molecule has 2 heterocycles. The summed E-state index contributed by atoms with van der Waals surface area (Å²) in [6.45, 7) is 14.5. The van der Waals surface area contributed by atoms with Crippen LogP contribution in [0.4, 0.5) is 0 Å². The number of rotatable bonds is 22. The molecule has 2 saturated heterocycles. The van der Waals surface area contributed by atoms with Crippen LogP contribution in [0.1, 0.15) is 80.2 Å². The van der Waals surface area contributed by atoms with Crippen molar-refractivity contribution in [2.75, 3.05) is 66.1 Å². The molecule has 0 aliphatic carbocycles. The predicted octanol–water partition coefficient (Wildman–Crippen LogP) is 9.54. The molecule has 0 amide bonds. The summed E-state index contributed by atoms with van der Waals surface area (Å²) >= 11 is 0. The highest BCUT2D eigenvalue weighted by molar-refractivity contribution is 5.74. The lowest BCUT2D eigenvalue weighted by Crippen LogP contribution is -2.45. The maximum absolute atomic E-state index is 5.94. The van der Waals surface area contributed by atoms with E-state index in [0.29, 0.717) is 13.2 Å². The van der Waals surface area contributed by atoms with E-state index in [2.05, 4.69) is 87.5 Å². The summed E-state index contributed by atoms with van der Waals surface area (Å²) in [6, 6.07) is 23.2. The minimum absolute atomic E-state index is 0.262. The first-order chi connectivity index (χ1) is 24.0. The van der Waals surface area contributed by atoms with Crippen molar-refractivity contribution < 1.29 is 28.4 Å². The Morgan fingerprint density at radius 3 is 1.41 bits per heavy atom. The van der Waals surface area contributed by atoms with E-state index in [1.54, 1.807) is 0 Å². The highest BCUT2D eigenvalue weighted by Crippen LogP contribution is 2.32. The zero-order valence-corrected chi connectivity index (χ0v) is 29.9. The maximum atomic E-state index is 5.94. The van der Waals surface area contributed by atoms with Crippen molar-refractivity contribution in [2.45, 2.75) is 59.3 Å². The molecule has 0 saturated carbocycles. The van der Waals surface area contributed by atoms with Gasteiger partial charge in [0.05, 0.1) is 52.9 Å². The minimum Gasteiger partial charge on any atom is -0.494 e. The molecule has 2 aliphatic rings. The Morgan fingerprint density at radius 2 is 0.980 bits per heavy atom. The second-order valence-corrected chi connectivity index (χ2v) is 13.8. The number of hydrogen-bond donors (Lipinski definition) is 0. The van der Waals surface area contributed by atoms with Crippen molar-refractivity contribution in [3.63, 3.8) is 0 Å². The van der Waals surface area contributed by atoms with Crippen LogP contribution in [0.5, 0.6) is 11.5 Å². The van der Waals surface area contributed by atoms with Gasteiger partial charge in [-0.05, 0) is 97.5 Å². The molecule has 6 heteroatoms. The van der Waals surface area contributed by atoms with Gasteiger partial charge in [0.1, 0.15) is 11.5 Å². The molecule has 5 rings (SSSR count). The Kier molecular flexibility index (Phi) is 14.4. The number of hydrogen-bond acceptors (Lipinski definition) is 6.